The van der Waals surface area contributed by atoms with Crippen LogP contribution in [0.15, 0.2) is 47.6 Å². The van der Waals surface area contributed by atoms with Crippen molar-refractivity contribution in [1.29, 1.82) is 0 Å². The second-order valence-electron chi connectivity index (χ2n) is 6.15. The lowest BCUT2D eigenvalue weighted by Crippen LogP contribution is -2.19. The maximum Gasteiger partial charge on any atom is 0.263 e. The van der Waals surface area contributed by atoms with Crippen LogP contribution in [-0.2, 0) is 16.6 Å². The maximum atomic E-state index is 12.4. The molecular weight excluding hydrogens is 310 g/mol. The Kier molecular flexibility index (Phi) is 4.37. The number of pyridine rings is 1. The van der Waals surface area contributed by atoms with Gasteiger partial charge in [-0.1, -0.05) is 12.1 Å². The smallest absolute Gasteiger partial charge is 0.263 e. The lowest BCUT2D eigenvalue weighted by molar-refractivity contribution is 0.316. The average molecular weight is 331 g/mol. The first-order chi connectivity index (χ1) is 10.9. The van der Waals surface area contributed by atoms with Gasteiger partial charge in [0.05, 0.1) is 0 Å². The zero-order valence-corrected chi connectivity index (χ0v) is 14.2. The summed E-state index contributed by atoms with van der Waals surface area (Å²) >= 11 is 0. The first kappa shape index (κ1) is 16.0. The number of aryl methyl sites for hydroxylation is 1. The van der Waals surface area contributed by atoms with Gasteiger partial charge in [-0.05, 0) is 56.1 Å². The number of rotatable bonds is 6. The van der Waals surface area contributed by atoms with Crippen LogP contribution in [0.5, 0.6) is 0 Å². The van der Waals surface area contributed by atoms with Gasteiger partial charge in [0.15, 0.2) is 0 Å². The number of anilines is 1. The monoisotopic (exact) mass is 331 g/mol. The molecule has 0 radical (unpaired) electrons. The molecule has 0 saturated heterocycles. The number of nitrogens with one attached hydrogen (secondary N) is 1. The first-order valence-electron chi connectivity index (χ1n) is 7.68. The van der Waals surface area contributed by atoms with E-state index in [9.17, 15) is 8.42 Å². The van der Waals surface area contributed by atoms with Crippen molar-refractivity contribution in [3.05, 3.63) is 53.9 Å². The summed E-state index contributed by atoms with van der Waals surface area (Å²) in [6.07, 6.45) is 5.54. The molecule has 3 rings (SSSR count). The second-order valence-corrected chi connectivity index (χ2v) is 7.83. The van der Waals surface area contributed by atoms with Gasteiger partial charge in [-0.15, -0.1) is 0 Å². The Morgan fingerprint density at radius 2 is 1.91 bits per heavy atom. The highest BCUT2D eigenvalue weighted by Crippen LogP contribution is 2.27. The standard InChI is InChI=1S/C17H21N3O2S/c1-13-9-17(11-18-10-13)23(21,22)19-15-5-3-14(4-6-15)12-20(2)16-7-8-16/h3-6,9-11,16,19H,7-8,12H2,1-2H3. The van der Waals surface area contributed by atoms with Crippen molar-refractivity contribution in [3.8, 4) is 0 Å². The molecule has 1 aromatic carbocycles. The van der Waals surface area contributed by atoms with Crippen LogP contribution in [0.2, 0.25) is 0 Å². The van der Waals surface area contributed by atoms with E-state index in [1.165, 1.54) is 24.6 Å². The summed E-state index contributed by atoms with van der Waals surface area (Å²) < 4.78 is 27.3. The van der Waals surface area contributed by atoms with E-state index < -0.39 is 10.0 Å². The summed E-state index contributed by atoms with van der Waals surface area (Å²) in [5.74, 6) is 0. The molecule has 23 heavy (non-hydrogen) atoms. The van der Waals surface area contributed by atoms with Crippen molar-refractivity contribution < 1.29 is 8.42 Å². The number of nitrogens with zero attached hydrogens (tertiary/aromatic N) is 2. The highest BCUT2D eigenvalue weighted by Gasteiger charge is 2.25. The number of hydrogen-bond acceptors (Lipinski definition) is 4. The fourth-order valence-electron chi connectivity index (χ4n) is 2.50. The normalized spacial score (nSPS) is 14.9. The summed E-state index contributed by atoms with van der Waals surface area (Å²) in [5.41, 5.74) is 2.55. The molecule has 6 heteroatoms. The van der Waals surface area contributed by atoms with Crippen molar-refractivity contribution in [2.24, 2.45) is 0 Å². The van der Waals surface area contributed by atoms with E-state index >= 15 is 0 Å². The van der Waals surface area contributed by atoms with Gasteiger partial charge < -0.3 is 0 Å². The molecule has 0 amide bonds. The summed E-state index contributed by atoms with van der Waals surface area (Å²) in [6, 6.07) is 9.85. The van der Waals surface area contributed by atoms with Crippen LogP contribution in [0.25, 0.3) is 0 Å². The molecule has 122 valence electrons. The van der Waals surface area contributed by atoms with Gasteiger partial charge in [0.1, 0.15) is 4.90 Å². The minimum Gasteiger partial charge on any atom is -0.299 e. The van der Waals surface area contributed by atoms with E-state index in [2.05, 4.69) is 21.7 Å². The third-order valence-corrected chi connectivity index (χ3v) is 5.32. The molecule has 0 bridgehead atoms. The number of hydrogen-bond donors (Lipinski definition) is 1. The van der Waals surface area contributed by atoms with Gasteiger partial charge >= 0.3 is 0 Å². The van der Waals surface area contributed by atoms with E-state index in [0.29, 0.717) is 11.7 Å². The van der Waals surface area contributed by atoms with Crippen molar-refractivity contribution in [2.45, 2.75) is 37.2 Å². The van der Waals surface area contributed by atoms with Crippen molar-refractivity contribution in [2.75, 3.05) is 11.8 Å². The van der Waals surface area contributed by atoms with Crippen LogP contribution in [-0.4, -0.2) is 31.4 Å². The quantitative estimate of drug-likeness (QED) is 0.884. The van der Waals surface area contributed by atoms with Crippen LogP contribution in [0.4, 0.5) is 5.69 Å². The Balaban J connectivity index is 1.69. The zero-order valence-electron chi connectivity index (χ0n) is 13.4. The SMILES string of the molecule is Cc1cncc(S(=O)(=O)Nc2ccc(CN(C)C3CC3)cc2)c1. The molecule has 2 aromatic rings. The third kappa shape index (κ3) is 4.09. The largest absolute Gasteiger partial charge is 0.299 e. The third-order valence-electron chi connectivity index (χ3n) is 3.97. The van der Waals surface area contributed by atoms with Gasteiger partial charge in [-0.25, -0.2) is 8.42 Å². The first-order valence-corrected chi connectivity index (χ1v) is 9.16. The molecular formula is C17H21N3O2S. The lowest BCUT2D eigenvalue weighted by atomic mass is 10.2. The van der Waals surface area contributed by atoms with Crippen LogP contribution in [0, 0.1) is 6.92 Å². The highest BCUT2D eigenvalue weighted by molar-refractivity contribution is 7.92. The Morgan fingerprint density at radius 1 is 1.22 bits per heavy atom. The van der Waals surface area contributed by atoms with Crippen LogP contribution in [0.1, 0.15) is 24.0 Å². The van der Waals surface area contributed by atoms with Gasteiger partial charge in [0.2, 0.25) is 0 Å². The molecule has 1 aromatic heterocycles. The van der Waals surface area contributed by atoms with E-state index in [4.69, 9.17) is 0 Å². The lowest BCUT2D eigenvalue weighted by Gasteiger charge is -2.16. The molecule has 5 nitrogen and oxygen atoms in total. The van der Waals surface area contributed by atoms with Gasteiger partial charge in [-0.3, -0.25) is 14.6 Å². The van der Waals surface area contributed by atoms with Crippen LogP contribution >= 0.6 is 0 Å². The van der Waals surface area contributed by atoms with Crippen molar-refractivity contribution in [3.63, 3.8) is 0 Å². The van der Waals surface area contributed by atoms with E-state index in [1.54, 1.807) is 24.4 Å². The molecule has 0 unspecified atom stereocenters. The van der Waals surface area contributed by atoms with E-state index in [0.717, 1.165) is 12.1 Å². The Hall–Kier alpha value is -1.92. The molecule has 0 spiro atoms. The fourth-order valence-corrected chi connectivity index (χ4v) is 3.60. The molecule has 0 atom stereocenters. The summed E-state index contributed by atoms with van der Waals surface area (Å²) in [5, 5.41) is 0. The van der Waals surface area contributed by atoms with Gasteiger partial charge in [0.25, 0.3) is 10.0 Å². The molecule has 1 aliphatic rings. The molecule has 1 heterocycles. The summed E-state index contributed by atoms with van der Waals surface area (Å²) in [6.45, 7) is 2.71. The Labute approximate surface area is 137 Å². The fraction of sp³-hybridized carbons (Fsp3) is 0.353. The van der Waals surface area contributed by atoms with Crippen molar-refractivity contribution in [1.82, 2.24) is 9.88 Å². The Morgan fingerprint density at radius 3 is 2.52 bits per heavy atom. The molecule has 1 fully saturated rings. The van der Waals surface area contributed by atoms with E-state index in [-0.39, 0.29) is 4.90 Å². The predicted octanol–water partition coefficient (Wildman–Crippen LogP) is 2.79. The van der Waals surface area contributed by atoms with Crippen LogP contribution in [0.3, 0.4) is 0 Å². The number of aromatic nitrogens is 1. The van der Waals surface area contributed by atoms with Crippen LogP contribution < -0.4 is 4.72 Å². The summed E-state index contributed by atoms with van der Waals surface area (Å²) in [7, 11) is -1.47. The summed E-state index contributed by atoms with van der Waals surface area (Å²) in [4.78, 5) is 6.44. The molecule has 1 aliphatic carbocycles. The predicted molar refractivity (Wildman–Crippen MR) is 90.7 cm³/mol. The van der Waals surface area contributed by atoms with Gasteiger partial charge in [0, 0.05) is 30.7 Å². The average Bonchev–Trinajstić information content (AvgIpc) is 3.34. The van der Waals surface area contributed by atoms with E-state index in [1.807, 2.05) is 19.1 Å². The topological polar surface area (TPSA) is 62.3 Å². The number of benzene rings is 1. The van der Waals surface area contributed by atoms with Gasteiger partial charge in [-0.2, -0.15) is 0 Å². The maximum absolute atomic E-state index is 12.4. The highest BCUT2D eigenvalue weighted by atomic mass is 32.2. The van der Waals surface area contributed by atoms with Crippen molar-refractivity contribution >= 4 is 15.7 Å². The minimum absolute atomic E-state index is 0.176. The zero-order chi connectivity index (χ0) is 16.4. The Bertz CT molecular complexity index is 784. The molecule has 0 aliphatic heterocycles. The molecule has 1 saturated carbocycles. The molecule has 1 N–H and O–H groups in total. The number of sulfonamides is 1. The minimum atomic E-state index is -3.60. The second kappa shape index (κ2) is 6.29.